The first-order valence-electron chi connectivity index (χ1n) is 12.3. The summed E-state index contributed by atoms with van der Waals surface area (Å²) in [5, 5.41) is 2.75. The van der Waals surface area contributed by atoms with Crippen molar-refractivity contribution in [1.82, 2.24) is 14.9 Å². The van der Waals surface area contributed by atoms with Crippen molar-refractivity contribution >= 4 is 23.2 Å². The van der Waals surface area contributed by atoms with Crippen LogP contribution in [-0.2, 0) is 27.4 Å². The summed E-state index contributed by atoms with van der Waals surface area (Å²) in [4.78, 5) is 26.7. The molecule has 3 unspecified atom stereocenters. The summed E-state index contributed by atoms with van der Waals surface area (Å²) < 4.78 is 57.3. The van der Waals surface area contributed by atoms with Crippen LogP contribution in [0.5, 0.6) is 0 Å². The maximum absolute atomic E-state index is 14.5. The fraction of sp³-hybridized carbons (Fsp3) is 0.680. The molecule has 2 saturated heterocycles. The van der Waals surface area contributed by atoms with Gasteiger partial charge in [-0.15, -0.1) is 4.72 Å². The number of hydrogen-bond donors (Lipinski definition) is 2. The molecule has 6 nitrogen and oxygen atoms in total. The summed E-state index contributed by atoms with van der Waals surface area (Å²) in [6, 6.07) is 0.931. The number of benzene rings is 1. The topological polar surface area (TPSA) is 84.5 Å². The number of rotatable bonds is 8. The highest BCUT2D eigenvalue weighted by Crippen LogP contribution is 2.41. The zero-order chi connectivity index (χ0) is 25.5. The molecule has 2 amide bonds. The minimum Gasteiger partial charge on any atom is -0.598 e. The third-order valence-corrected chi connectivity index (χ3v) is 8.96. The molecule has 194 valence electrons. The first-order chi connectivity index (χ1) is 16.4. The SMILES string of the molecule is CC(C)(C)[S+]([O-])N[C@H](Cc1cc(F)c(F)cc1F)C1CC2CCC(C1)N2C(=O)CNC(=O)C1CC1. The summed E-state index contributed by atoms with van der Waals surface area (Å²) in [6.45, 7) is 5.47. The van der Waals surface area contributed by atoms with Crippen LogP contribution in [0.4, 0.5) is 13.2 Å². The lowest BCUT2D eigenvalue weighted by Gasteiger charge is -2.42. The average molecular weight is 514 g/mol. The predicted molar refractivity (Wildman–Crippen MR) is 127 cm³/mol. The Morgan fingerprint density at radius 2 is 1.66 bits per heavy atom. The summed E-state index contributed by atoms with van der Waals surface area (Å²) in [6.07, 6.45) is 4.72. The van der Waals surface area contributed by atoms with E-state index in [9.17, 15) is 27.3 Å². The molecule has 2 N–H and O–H groups in total. The van der Waals surface area contributed by atoms with Gasteiger partial charge in [-0.05, 0) is 83.3 Å². The lowest BCUT2D eigenvalue weighted by molar-refractivity contribution is -0.137. The minimum atomic E-state index is -1.45. The third kappa shape index (κ3) is 6.14. The summed E-state index contributed by atoms with van der Waals surface area (Å²) in [5.74, 6) is -3.35. The molecule has 1 saturated carbocycles. The molecule has 0 spiro atoms. The van der Waals surface area contributed by atoms with Crippen LogP contribution < -0.4 is 10.0 Å². The van der Waals surface area contributed by atoms with Crippen molar-refractivity contribution in [2.24, 2.45) is 11.8 Å². The molecular formula is C25H34F3N3O3S. The minimum absolute atomic E-state index is 0.0111. The standard InChI is InChI=1S/C25H34F3N3O3S/c1-25(2,3)35(34)30-22(11-15-10-20(27)21(28)12-19(15)26)16-8-17-6-7-18(9-16)31(17)23(32)13-29-24(33)14-4-5-14/h10,12,14,16-18,22,30H,4-9,11,13H2,1-3H3,(H,29,33)/t16?,17?,18?,22-,35?/m1/s1. The Balaban J connectivity index is 1.47. The first kappa shape index (κ1) is 26.3. The van der Waals surface area contributed by atoms with E-state index in [1.54, 1.807) is 0 Å². The van der Waals surface area contributed by atoms with Crippen LogP contribution >= 0.6 is 0 Å². The predicted octanol–water partition coefficient (Wildman–Crippen LogP) is 3.36. The van der Waals surface area contributed by atoms with Gasteiger partial charge in [-0.25, -0.2) is 13.2 Å². The molecular weight excluding hydrogens is 479 g/mol. The number of carbonyl (C=O) groups is 2. The van der Waals surface area contributed by atoms with Gasteiger partial charge in [0, 0.05) is 35.4 Å². The second-order valence-electron chi connectivity index (χ2n) is 11.1. The number of nitrogens with zero attached hydrogens (tertiary/aromatic N) is 1. The van der Waals surface area contributed by atoms with Crippen LogP contribution in [0.25, 0.3) is 0 Å². The quantitative estimate of drug-likeness (QED) is 0.413. The van der Waals surface area contributed by atoms with Gasteiger partial charge in [0.05, 0.1) is 12.6 Å². The van der Waals surface area contributed by atoms with Gasteiger partial charge in [-0.1, -0.05) is 0 Å². The molecule has 1 aromatic carbocycles. The Kier molecular flexibility index (Phi) is 7.74. The van der Waals surface area contributed by atoms with E-state index in [1.807, 2.05) is 25.7 Å². The van der Waals surface area contributed by atoms with Gasteiger partial charge in [-0.3, -0.25) is 9.59 Å². The Morgan fingerprint density at radius 1 is 1.06 bits per heavy atom. The van der Waals surface area contributed by atoms with Crippen molar-refractivity contribution in [2.75, 3.05) is 6.54 Å². The summed E-state index contributed by atoms with van der Waals surface area (Å²) in [7, 11) is 0. The molecule has 2 heterocycles. The summed E-state index contributed by atoms with van der Waals surface area (Å²) in [5.41, 5.74) is 0.0287. The second-order valence-corrected chi connectivity index (χ2v) is 13.1. The molecule has 2 aliphatic heterocycles. The Labute approximate surface area is 207 Å². The fourth-order valence-corrected chi connectivity index (χ4v) is 6.18. The van der Waals surface area contributed by atoms with E-state index in [0.29, 0.717) is 18.9 Å². The van der Waals surface area contributed by atoms with Gasteiger partial charge in [0.15, 0.2) is 11.6 Å². The van der Waals surface area contributed by atoms with Crippen molar-refractivity contribution in [3.8, 4) is 0 Å². The zero-order valence-corrected chi connectivity index (χ0v) is 21.2. The smallest absolute Gasteiger partial charge is 0.242 e. The largest absolute Gasteiger partial charge is 0.598 e. The van der Waals surface area contributed by atoms with Crippen molar-refractivity contribution in [3.05, 3.63) is 35.1 Å². The zero-order valence-electron chi connectivity index (χ0n) is 20.4. The number of amides is 2. The normalized spacial score (nSPS) is 25.9. The van der Waals surface area contributed by atoms with Crippen molar-refractivity contribution in [2.45, 2.75) is 88.6 Å². The van der Waals surface area contributed by atoms with E-state index in [4.69, 9.17) is 0 Å². The Morgan fingerprint density at radius 3 is 2.23 bits per heavy atom. The monoisotopic (exact) mass is 513 g/mol. The van der Waals surface area contributed by atoms with E-state index < -0.39 is 39.6 Å². The van der Waals surface area contributed by atoms with Gasteiger partial charge in [0.2, 0.25) is 11.8 Å². The lowest BCUT2D eigenvalue weighted by atomic mass is 9.82. The number of piperidine rings is 1. The van der Waals surface area contributed by atoms with Gasteiger partial charge in [0.1, 0.15) is 10.6 Å². The van der Waals surface area contributed by atoms with Crippen LogP contribution in [-0.4, -0.2) is 50.7 Å². The first-order valence-corrected chi connectivity index (χ1v) is 13.5. The molecule has 1 aliphatic carbocycles. The molecule has 0 radical (unpaired) electrons. The van der Waals surface area contributed by atoms with E-state index in [2.05, 4.69) is 10.0 Å². The Bertz CT molecular complexity index is 955. The molecule has 3 fully saturated rings. The number of halogens is 3. The van der Waals surface area contributed by atoms with E-state index >= 15 is 0 Å². The van der Waals surface area contributed by atoms with E-state index in [0.717, 1.165) is 31.7 Å². The lowest BCUT2D eigenvalue weighted by Crippen LogP contribution is -2.55. The van der Waals surface area contributed by atoms with Crippen molar-refractivity contribution < 1.29 is 27.3 Å². The van der Waals surface area contributed by atoms with Gasteiger partial charge < -0.3 is 14.8 Å². The maximum atomic E-state index is 14.5. The number of nitrogens with one attached hydrogen (secondary N) is 2. The van der Waals surface area contributed by atoms with Crippen LogP contribution in [0, 0.1) is 29.3 Å². The van der Waals surface area contributed by atoms with Gasteiger partial charge in [0.25, 0.3) is 0 Å². The molecule has 2 bridgehead atoms. The van der Waals surface area contributed by atoms with Crippen molar-refractivity contribution in [3.63, 3.8) is 0 Å². The average Bonchev–Trinajstić information content (AvgIpc) is 3.59. The molecule has 4 rings (SSSR count). The molecule has 0 aromatic heterocycles. The van der Waals surface area contributed by atoms with Crippen molar-refractivity contribution in [1.29, 1.82) is 0 Å². The molecule has 35 heavy (non-hydrogen) atoms. The number of fused-ring (bicyclic) bond motifs is 2. The van der Waals surface area contributed by atoms with E-state index in [-0.39, 0.29) is 54.3 Å². The molecule has 4 atom stereocenters. The van der Waals surface area contributed by atoms with Crippen LogP contribution in [0.1, 0.15) is 64.9 Å². The van der Waals surface area contributed by atoms with Gasteiger partial charge >= 0.3 is 0 Å². The highest BCUT2D eigenvalue weighted by molar-refractivity contribution is 7.90. The number of hydrogen-bond acceptors (Lipinski definition) is 4. The van der Waals surface area contributed by atoms with Crippen LogP contribution in [0.3, 0.4) is 0 Å². The second kappa shape index (κ2) is 10.3. The maximum Gasteiger partial charge on any atom is 0.242 e. The molecule has 10 heteroatoms. The van der Waals surface area contributed by atoms with Gasteiger partial charge in [-0.2, -0.15) is 0 Å². The fourth-order valence-electron chi connectivity index (χ4n) is 5.27. The van der Waals surface area contributed by atoms with Crippen LogP contribution in [0.2, 0.25) is 0 Å². The Hall–Kier alpha value is -1.78. The number of carbonyl (C=O) groups excluding carboxylic acids is 2. The third-order valence-electron chi connectivity index (χ3n) is 7.33. The molecule has 1 aromatic rings. The highest BCUT2D eigenvalue weighted by atomic mass is 32.2. The molecule has 3 aliphatic rings. The summed E-state index contributed by atoms with van der Waals surface area (Å²) >= 11 is -1.45. The highest BCUT2D eigenvalue weighted by Gasteiger charge is 2.46. The van der Waals surface area contributed by atoms with Crippen LogP contribution in [0.15, 0.2) is 12.1 Å². The van der Waals surface area contributed by atoms with E-state index in [1.165, 1.54) is 0 Å².